The van der Waals surface area contributed by atoms with E-state index in [2.05, 4.69) is 6.58 Å². The van der Waals surface area contributed by atoms with E-state index in [1.54, 1.807) is 0 Å². The minimum atomic E-state index is -3.94. The molecule has 5 nitrogen and oxygen atoms in total. The maximum Gasteiger partial charge on any atom is 1.00 e. The average Bonchev–Trinajstić information content (AvgIpc) is 1.95. The first-order valence-corrected chi connectivity index (χ1v) is 5.28. The number of carboxylic acid groups (broad SMARTS) is 1. The van der Waals surface area contributed by atoms with Crippen molar-refractivity contribution in [3.8, 4) is 0 Å². The molecular weight excluding hydrogens is 203 g/mol. The van der Waals surface area contributed by atoms with Crippen LogP contribution in [0.2, 0.25) is 0 Å². The Morgan fingerprint density at radius 1 is 1.36 bits per heavy atom. The number of hydrogen-bond acceptors (Lipinski definition) is 4. The topological polar surface area (TPSA) is 94.5 Å². The van der Waals surface area contributed by atoms with E-state index in [0.29, 0.717) is 6.42 Å². The number of carbonyl (C=O) groups excluding carboxylic acids is 1. The van der Waals surface area contributed by atoms with Crippen LogP contribution in [0.3, 0.4) is 0 Å². The van der Waals surface area contributed by atoms with Crippen LogP contribution >= 0.6 is 0 Å². The number of rotatable bonds is 6. The molecule has 0 aromatic carbocycles. The fourth-order valence-corrected chi connectivity index (χ4v) is 1.29. The molecule has 0 heterocycles. The van der Waals surface area contributed by atoms with Crippen LogP contribution in [-0.4, -0.2) is 24.7 Å². The van der Waals surface area contributed by atoms with Crippen molar-refractivity contribution in [3.05, 3.63) is 12.2 Å². The number of unbranched alkanes of at least 4 members (excludes halogenated alkanes) is 1. The Morgan fingerprint density at radius 3 is 2.21 bits per heavy atom. The maximum absolute atomic E-state index is 10.2. The van der Waals surface area contributed by atoms with Gasteiger partial charge in [0.15, 0.2) is 0 Å². The zero-order valence-electron chi connectivity index (χ0n) is 8.02. The molecule has 0 bridgehead atoms. The molecule has 0 aliphatic carbocycles. The predicted octanol–water partition coefficient (Wildman–Crippen LogP) is -3.65. The SMILES string of the molecule is C=C(CCCCS(=O)(=O)O)C(=O)[O-].[Li+]. The van der Waals surface area contributed by atoms with Gasteiger partial charge in [-0.15, -0.1) is 0 Å². The Hall–Kier alpha value is -0.283. The molecule has 7 heteroatoms. The average molecular weight is 214 g/mol. The molecule has 0 aromatic rings. The Kier molecular flexibility index (Phi) is 8.16. The molecule has 0 fully saturated rings. The van der Waals surface area contributed by atoms with E-state index in [9.17, 15) is 18.3 Å². The molecule has 76 valence electrons. The van der Waals surface area contributed by atoms with Gasteiger partial charge in [0.05, 0.1) is 11.7 Å². The van der Waals surface area contributed by atoms with Crippen LogP contribution in [0.1, 0.15) is 19.3 Å². The van der Waals surface area contributed by atoms with Gasteiger partial charge in [-0.25, -0.2) is 0 Å². The van der Waals surface area contributed by atoms with Gasteiger partial charge in [0.1, 0.15) is 0 Å². The number of carboxylic acids is 1. The second-order valence-electron chi connectivity index (χ2n) is 2.63. The molecular formula is C7H11LiO5S. The largest absolute Gasteiger partial charge is 1.00 e. The summed E-state index contributed by atoms with van der Waals surface area (Å²) in [5, 5.41) is 10.1. The first-order chi connectivity index (χ1) is 5.83. The van der Waals surface area contributed by atoms with Gasteiger partial charge in [-0.3, -0.25) is 4.55 Å². The van der Waals surface area contributed by atoms with Crippen molar-refractivity contribution in [3.63, 3.8) is 0 Å². The van der Waals surface area contributed by atoms with E-state index in [4.69, 9.17) is 4.55 Å². The van der Waals surface area contributed by atoms with Crippen LogP contribution in [0.5, 0.6) is 0 Å². The fraction of sp³-hybridized carbons (Fsp3) is 0.571. The van der Waals surface area contributed by atoms with Crippen molar-refractivity contribution in [2.75, 3.05) is 5.75 Å². The first kappa shape index (κ1) is 16.2. The van der Waals surface area contributed by atoms with Crippen molar-refractivity contribution in [1.29, 1.82) is 0 Å². The molecule has 0 amide bonds. The standard InChI is InChI=1S/C7H12O5S.Li/c1-6(7(8)9)4-2-3-5-13(10,11)12;/h1-5H2,(H,8,9)(H,10,11,12);/q;+1/p-1. The molecule has 0 atom stereocenters. The van der Waals surface area contributed by atoms with Crippen molar-refractivity contribution in [2.24, 2.45) is 0 Å². The van der Waals surface area contributed by atoms with E-state index in [1.165, 1.54) is 0 Å². The molecule has 0 unspecified atom stereocenters. The van der Waals surface area contributed by atoms with Crippen molar-refractivity contribution >= 4 is 16.1 Å². The summed E-state index contributed by atoms with van der Waals surface area (Å²) in [7, 11) is -3.94. The number of carbonyl (C=O) groups is 1. The Bertz CT molecular complexity index is 295. The van der Waals surface area contributed by atoms with Gasteiger partial charge in [-0.1, -0.05) is 6.58 Å². The fourth-order valence-electron chi connectivity index (χ4n) is 0.725. The van der Waals surface area contributed by atoms with Crippen molar-refractivity contribution < 1.29 is 41.7 Å². The van der Waals surface area contributed by atoms with Crippen LogP contribution in [0.25, 0.3) is 0 Å². The maximum atomic E-state index is 10.2. The van der Waals surface area contributed by atoms with Crippen molar-refractivity contribution in [2.45, 2.75) is 19.3 Å². The molecule has 14 heavy (non-hydrogen) atoms. The van der Waals surface area contributed by atoms with Crippen molar-refractivity contribution in [1.82, 2.24) is 0 Å². The van der Waals surface area contributed by atoms with E-state index < -0.39 is 16.1 Å². The molecule has 0 radical (unpaired) electrons. The third-order valence-corrected chi connectivity index (χ3v) is 2.22. The summed E-state index contributed by atoms with van der Waals surface area (Å²) in [5.41, 5.74) is -0.0599. The molecule has 1 N–H and O–H groups in total. The van der Waals surface area contributed by atoms with E-state index >= 15 is 0 Å². The van der Waals surface area contributed by atoms with Crippen LogP contribution in [0.4, 0.5) is 0 Å². The summed E-state index contributed by atoms with van der Waals surface area (Å²) < 4.78 is 28.7. The zero-order valence-corrected chi connectivity index (χ0v) is 8.84. The molecule has 0 spiro atoms. The van der Waals surface area contributed by atoms with Gasteiger partial charge >= 0.3 is 18.9 Å². The molecule has 0 saturated carbocycles. The smallest absolute Gasteiger partial charge is 0.545 e. The van der Waals surface area contributed by atoms with Gasteiger partial charge in [0.2, 0.25) is 0 Å². The summed E-state index contributed by atoms with van der Waals surface area (Å²) in [6.45, 7) is 3.21. The number of aliphatic carboxylic acids is 1. The van der Waals surface area contributed by atoms with Gasteiger partial charge in [-0.2, -0.15) is 8.42 Å². The Labute approximate surface area is 95.1 Å². The second kappa shape index (κ2) is 7.07. The normalized spacial score (nSPS) is 10.4. The van der Waals surface area contributed by atoms with Crippen LogP contribution < -0.4 is 24.0 Å². The monoisotopic (exact) mass is 214 g/mol. The predicted molar refractivity (Wildman–Crippen MR) is 44.4 cm³/mol. The summed E-state index contributed by atoms with van der Waals surface area (Å²) >= 11 is 0. The Morgan fingerprint density at radius 2 is 1.86 bits per heavy atom. The van der Waals surface area contributed by atoms with Crippen LogP contribution in [0.15, 0.2) is 12.2 Å². The van der Waals surface area contributed by atoms with Crippen LogP contribution in [-0.2, 0) is 14.9 Å². The van der Waals surface area contributed by atoms with E-state index in [0.717, 1.165) is 0 Å². The second-order valence-corrected chi connectivity index (χ2v) is 4.21. The van der Waals surface area contributed by atoms with Gasteiger partial charge in [0.25, 0.3) is 10.1 Å². The van der Waals surface area contributed by atoms with Gasteiger partial charge in [-0.05, 0) is 24.8 Å². The van der Waals surface area contributed by atoms with Gasteiger partial charge in [0, 0.05) is 0 Å². The summed E-state index contributed by atoms with van der Waals surface area (Å²) in [6, 6.07) is 0. The minimum absolute atomic E-state index is 0. The van der Waals surface area contributed by atoms with E-state index in [-0.39, 0.29) is 43.0 Å². The number of hydrogen-bond donors (Lipinski definition) is 1. The quantitative estimate of drug-likeness (QED) is 0.213. The minimum Gasteiger partial charge on any atom is -0.545 e. The Balaban J connectivity index is 0. The van der Waals surface area contributed by atoms with E-state index in [1.807, 2.05) is 0 Å². The summed E-state index contributed by atoms with van der Waals surface area (Å²) in [6.07, 6.45) is 0.746. The van der Waals surface area contributed by atoms with Crippen LogP contribution in [0, 0.1) is 0 Å². The molecule has 0 aliphatic rings. The summed E-state index contributed by atoms with van der Waals surface area (Å²) in [5.74, 6) is -1.68. The summed E-state index contributed by atoms with van der Waals surface area (Å²) in [4.78, 5) is 10.1. The first-order valence-electron chi connectivity index (χ1n) is 3.67. The molecule has 0 rings (SSSR count). The molecule has 0 aromatic heterocycles. The third-order valence-electron chi connectivity index (χ3n) is 1.42. The molecule has 0 aliphatic heterocycles. The van der Waals surface area contributed by atoms with Gasteiger partial charge < -0.3 is 9.90 Å². The third kappa shape index (κ3) is 9.80. The zero-order chi connectivity index (χ0) is 10.5. The molecule has 0 saturated heterocycles.